The Morgan fingerprint density at radius 1 is 0.900 bits per heavy atom. The van der Waals surface area contributed by atoms with Crippen LogP contribution in [-0.4, -0.2) is 36.1 Å². The lowest BCUT2D eigenvalue weighted by Gasteiger charge is -2.12. The first-order valence-electron chi connectivity index (χ1n) is 6.83. The van der Waals surface area contributed by atoms with E-state index in [4.69, 9.17) is 9.47 Å². The topological polar surface area (TPSA) is 43.2 Å². The Labute approximate surface area is 119 Å². The molecule has 0 aromatic heterocycles. The molecule has 0 saturated heterocycles. The number of ether oxygens (including phenoxy) is 2. The molecule has 2 heterocycles. The Bertz CT molecular complexity index is 551. The van der Waals surface area contributed by atoms with Crippen molar-refractivity contribution in [2.45, 2.75) is 38.8 Å². The molecule has 4 heteroatoms. The maximum Gasteiger partial charge on any atom is 0.148 e. The molecule has 20 heavy (non-hydrogen) atoms. The third-order valence-corrected chi connectivity index (χ3v) is 3.19. The van der Waals surface area contributed by atoms with E-state index in [-0.39, 0.29) is 11.1 Å². The molecule has 0 fully saturated rings. The lowest BCUT2D eigenvalue weighted by molar-refractivity contribution is 0.279. The average molecular weight is 271 g/mol. The van der Waals surface area contributed by atoms with E-state index in [0.29, 0.717) is 25.0 Å². The van der Waals surface area contributed by atoms with Gasteiger partial charge in [0.2, 0.25) is 0 Å². The molecule has 106 valence electrons. The Balaban J connectivity index is 1.92. The molecule has 0 radical (unpaired) electrons. The maximum atomic E-state index is 5.65. The zero-order valence-electron chi connectivity index (χ0n) is 12.4. The summed E-state index contributed by atoms with van der Waals surface area (Å²) in [6, 6.07) is 9.14. The van der Waals surface area contributed by atoms with Crippen molar-refractivity contribution < 1.29 is 9.47 Å². The molecular formula is C16H19N2O2-. The highest BCUT2D eigenvalue weighted by Crippen LogP contribution is 2.23. The van der Waals surface area contributed by atoms with Crippen LogP contribution in [0.1, 0.15) is 38.8 Å². The molecule has 0 spiro atoms. The minimum Gasteiger partial charge on any atom is -0.509 e. The summed E-state index contributed by atoms with van der Waals surface area (Å²) < 4.78 is 11.3. The maximum absolute atomic E-state index is 5.65. The van der Waals surface area contributed by atoms with E-state index >= 15 is 0 Å². The summed E-state index contributed by atoms with van der Waals surface area (Å²) in [5.74, 6) is 1.30. The molecule has 1 aromatic carbocycles. The van der Waals surface area contributed by atoms with Crippen molar-refractivity contribution in [2.24, 2.45) is 9.98 Å². The van der Waals surface area contributed by atoms with Gasteiger partial charge in [-0.15, -0.1) is 24.3 Å². The van der Waals surface area contributed by atoms with Crippen molar-refractivity contribution >= 4 is 11.8 Å². The fraction of sp³-hybridized carbons (Fsp3) is 0.500. The van der Waals surface area contributed by atoms with Crippen molar-refractivity contribution in [1.29, 1.82) is 0 Å². The molecule has 2 aliphatic heterocycles. The molecule has 3 rings (SSSR count). The summed E-state index contributed by atoms with van der Waals surface area (Å²) in [7, 11) is 0. The summed E-state index contributed by atoms with van der Waals surface area (Å²) in [6.07, 6.45) is 0. The Morgan fingerprint density at radius 2 is 1.35 bits per heavy atom. The van der Waals surface area contributed by atoms with Crippen LogP contribution in [0.15, 0.2) is 28.2 Å². The Hall–Kier alpha value is -1.84. The van der Waals surface area contributed by atoms with Gasteiger partial charge in [0.05, 0.1) is 11.1 Å². The predicted octanol–water partition coefficient (Wildman–Crippen LogP) is 2.60. The highest BCUT2D eigenvalue weighted by Gasteiger charge is 2.26. The second-order valence-electron chi connectivity index (χ2n) is 6.51. The van der Waals surface area contributed by atoms with Crippen LogP contribution in [0.4, 0.5) is 0 Å². The van der Waals surface area contributed by atoms with Crippen LogP contribution in [0, 0.1) is 6.07 Å². The van der Waals surface area contributed by atoms with Crippen LogP contribution in [0.5, 0.6) is 0 Å². The van der Waals surface area contributed by atoms with Gasteiger partial charge in [0.1, 0.15) is 25.0 Å². The van der Waals surface area contributed by atoms with Crippen LogP contribution < -0.4 is 0 Å². The van der Waals surface area contributed by atoms with Gasteiger partial charge in [-0.1, -0.05) is 11.1 Å². The number of rotatable bonds is 2. The summed E-state index contributed by atoms with van der Waals surface area (Å²) >= 11 is 0. The Morgan fingerprint density at radius 3 is 1.70 bits per heavy atom. The second-order valence-corrected chi connectivity index (χ2v) is 6.51. The zero-order chi connectivity index (χ0) is 14.4. The van der Waals surface area contributed by atoms with E-state index in [1.165, 1.54) is 0 Å². The van der Waals surface area contributed by atoms with Gasteiger partial charge in [-0.2, -0.15) is 0 Å². The first-order valence-corrected chi connectivity index (χ1v) is 6.83. The third-order valence-electron chi connectivity index (χ3n) is 3.19. The molecule has 0 aliphatic carbocycles. The van der Waals surface area contributed by atoms with Crippen molar-refractivity contribution in [3.05, 3.63) is 35.4 Å². The first kappa shape index (κ1) is 13.2. The van der Waals surface area contributed by atoms with E-state index in [2.05, 4.69) is 43.7 Å². The molecule has 0 saturated carbocycles. The third kappa shape index (κ3) is 2.55. The first-order chi connectivity index (χ1) is 9.35. The van der Waals surface area contributed by atoms with E-state index in [1.54, 1.807) is 0 Å². The monoisotopic (exact) mass is 271 g/mol. The van der Waals surface area contributed by atoms with E-state index in [1.807, 2.05) is 18.2 Å². The van der Waals surface area contributed by atoms with Crippen LogP contribution in [0.25, 0.3) is 0 Å². The number of aliphatic imine (C=N–C) groups is 2. The van der Waals surface area contributed by atoms with Gasteiger partial charge in [-0.25, -0.2) is 0 Å². The van der Waals surface area contributed by atoms with Crippen molar-refractivity contribution in [2.75, 3.05) is 13.2 Å². The Kier molecular flexibility index (Phi) is 2.85. The standard InChI is InChI=1S/C16H19N2O2/c1-15(2)9-19-13(17-15)11-6-5-7-12(8-11)14-18-16(3,4)10-20-14/h5-7H,9-10H2,1-4H3/q-1. The van der Waals surface area contributed by atoms with Gasteiger partial charge in [0.15, 0.2) is 0 Å². The van der Waals surface area contributed by atoms with Gasteiger partial charge in [0, 0.05) is 0 Å². The summed E-state index contributed by atoms with van der Waals surface area (Å²) in [5.41, 5.74) is 1.37. The number of benzene rings is 1. The quantitative estimate of drug-likeness (QED) is 0.776. The van der Waals surface area contributed by atoms with Crippen molar-refractivity contribution in [3.8, 4) is 0 Å². The summed E-state index contributed by atoms with van der Waals surface area (Å²) in [5, 5.41) is 0. The molecule has 2 aliphatic rings. The van der Waals surface area contributed by atoms with Gasteiger partial charge < -0.3 is 9.47 Å². The van der Waals surface area contributed by atoms with Crippen LogP contribution in [0.2, 0.25) is 0 Å². The smallest absolute Gasteiger partial charge is 0.148 e. The van der Waals surface area contributed by atoms with Crippen molar-refractivity contribution in [3.63, 3.8) is 0 Å². The van der Waals surface area contributed by atoms with Gasteiger partial charge in [0.25, 0.3) is 0 Å². The molecular weight excluding hydrogens is 252 g/mol. The van der Waals surface area contributed by atoms with Crippen LogP contribution in [-0.2, 0) is 9.47 Å². The number of hydrogen-bond acceptors (Lipinski definition) is 4. The fourth-order valence-electron chi connectivity index (χ4n) is 2.16. The minimum absolute atomic E-state index is 0.164. The molecule has 0 amide bonds. The van der Waals surface area contributed by atoms with Gasteiger partial charge in [-0.3, -0.25) is 9.98 Å². The molecule has 0 N–H and O–H groups in total. The molecule has 1 aromatic rings. The minimum atomic E-state index is -0.164. The zero-order valence-corrected chi connectivity index (χ0v) is 12.4. The van der Waals surface area contributed by atoms with E-state index < -0.39 is 0 Å². The normalized spacial score (nSPS) is 22.8. The molecule has 0 atom stereocenters. The van der Waals surface area contributed by atoms with Gasteiger partial charge >= 0.3 is 0 Å². The predicted molar refractivity (Wildman–Crippen MR) is 78.4 cm³/mol. The highest BCUT2D eigenvalue weighted by atomic mass is 16.5. The average Bonchev–Trinajstić information content (AvgIpc) is 2.92. The molecule has 0 bridgehead atoms. The summed E-state index contributed by atoms with van der Waals surface area (Å²) in [4.78, 5) is 9.14. The van der Waals surface area contributed by atoms with E-state index in [9.17, 15) is 0 Å². The SMILES string of the molecule is CC1(C)COC(c2[c-]c(C3=NC(C)(C)CO3)ccc2)=N1. The molecule has 4 nitrogen and oxygen atoms in total. The lowest BCUT2D eigenvalue weighted by Crippen LogP contribution is -2.17. The highest BCUT2D eigenvalue weighted by molar-refractivity contribution is 6.00. The fourth-order valence-corrected chi connectivity index (χ4v) is 2.16. The number of nitrogens with zero attached hydrogens (tertiary/aromatic N) is 2. The van der Waals surface area contributed by atoms with Crippen LogP contribution >= 0.6 is 0 Å². The molecule has 0 unspecified atom stereocenters. The van der Waals surface area contributed by atoms with E-state index in [0.717, 1.165) is 11.1 Å². The number of hydrogen-bond donors (Lipinski definition) is 0. The lowest BCUT2D eigenvalue weighted by atomic mass is 10.1. The second kappa shape index (κ2) is 4.33. The van der Waals surface area contributed by atoms with Crippen molar-refractivity contribution in [1.82, 2.24) is 0 Å². The largest absolute Gasteiger partial charge is 0.509 e. The van der Waals surface area contributed by atoms with Crippen LogP contribution in [0.3, 0.4) is 0 Å². The summed E-state index contributed by atoms with van der Waals surface area (Å²) in [6.45, 7) is 9.41. The van der Waals surface area contributed by atoms with Gasteiger partial charge in [-0.05, 0) is 27.7 Å².